The Kier molecular flexibility index (Phi) is 8.06. The molecule has 1 heterocycles. The summed E-state index contributed by atoms with van der Waals surface area (Å²) in [5, 5.41) is 3.18. The van der Waals surface area contributed by atoms with Crippen LogP contribution in [0.2, 0.25) is 5.02 Å². The maximum absolute atomic E-state index is 12.8. The third-order valence-electron chi connectivity index (χ3n) is 4.47. The predicted octanol–water partition coefficient (Wildman–Crippen LogP) is 4.89. The summed E-state index contributed by atoms with van der Waals surface area (Å²) in [5.41, 5.74) is 1.37. The van der Waals surface area contributed by atoms with E-state index in [1.54, 1.807) is 18.2 Å². The fraction of sp³-hybridized carbons (Fsp3) is 0.174. The number of rotatable bonds is 8. The standard InChI is InChI=1S/C23H20BrClN2O4S/c1-3-9-27-22(29)16(21(28)26-23(27)32)10-14-11-17(24)20(19(12-14)30-4-2)31-13-15-7-5-6-8-18(15)25/h3,5-8,10-12H,1,4,9,13H2,2H3,(H,26,28,32)/b16-10+. The first kappa shape index (κ1) is 24.0. The molecule has 0 atom stereocenters. The molecule has 0 unspecified atom stereocenters. The summed E-state index contributed by atoms with van der Waals surface area (Å²) in [6.45, 7) is 6.30. The van der Waals surface area contributed by atoms with Gasteiger partial charge < -0.3 is 9.47 Å². The number of hydrogen-bond donors (Lipinski definition) is 1. The van der Waals surface area contributed by atoms with Gasteiger partial charge in [0.15, 0.2) is 16.6 Å². The summed E-state index contributed by atoms with van der Waals surface area (Å²) in [6, 6.07) is 10.8. The fourth-order valence-corrected chi connectivity index (χ4v) is 4.01. The van der Waals surface area contributed by atoms with Crippen molar-refractivity contribution in [3.63, 3.8) is 0 Å². The summed E-state index contributed by atoms with van der Waals surface area (Å²) in [7, 11) is 0. The fourth-order valence-electron chi connectivity index (χ4n) is 3.00. The summed E-state index contributed by atoms with van der Waals surface area (Å²) < 4.78 is 12.3. The molecule has 2 aromatic carbocycles. The number of thiocarbonyl (C=S) groups is 1. The molecule has 0 spiro atoms. The van der Waals surface area contributed by atoms with Crippen LogP contribution in [0, 0.1) is 0 Å². The van der Waals surface area contributed by atoms with E-state index in [-0.39, 0.29) is 23.8 Å². The molecule has 0 saturated carbocycles. The van der Waals surface area contributed by atoms with Crippen molar-refractivity contribution < 1.29 is 19.1 Å². The second-order valence-corrected chi connectivity index (χ2v) is 8.31. The SMILES string of the molecule is C=CCN1C(=O)/C(=C/c2cc(Br)c(OCc3ccccc3Cl)c(OCC)c2)C(=O)NC1=S. The number of amides is 2. The van der Waals surface area contributed by atoms with E-state index in [2.05, 4.69) is 27.8 Å². The van der Waals surface area contributed by atoms with Crippen LogP contribution in [-0.4, -0.2) is 35.0 Å². The van der Waals surface area contributed by atoms with Gasteiger partial charge in [-0.05, 0) is 64.9 Å². The van der Waals surface area contributed by atoms with E-state index in [0.29, 0.717) is 33.2 Å². The first-order valence-corrected chi connectivity index (χ1v) is 11.3. The largest absolute Gasteiger partial charge is 0.490 e. The maximum atomic E-state index is 12.8. The smallest absolute Gasteiger partial charge is 0.265 e. The Balaban J connectivity index is 1.93. The molecule has 1 aliphatic heterocycles. The third kappa shape index (κ3) is 5.38. The summed E-state index contributed by atoms with van der Waals surface area (Å²) >= 11 is 14.8. The van der Waals surface area contributed by atoms with Crippen LogP contribution in [0.3, 0.4) is 0 Å². The van der Waals surface area contributed by atoms with Crippen LogP contribution >= 0.6 is 39.7 Å². The van der Waals surface area contributed by atoms with Gasteiger partial charge in [-0.3, -0.25) is 19.8 Å². The van der Waals surface area contributed by atoms with Crippen LogP contribution in [0.5, 0.6) is 11.5 Å². The molecular weight excluding hydrogens is 516 g/mol. The lowest BCUT2D eigenvalue weighted by Gasteiger charge is -2.27. The lowest BCUT2D eigenvalue weighted by atomic mass is 10.1. The van der Waals surface area contributed by atoms with Crippen molar-refractivity contribution >= 4 is 62.8 Å². The Morgan fingerprint density at radius 2 is 2.00 bits per heavy atom. The molecule has 0 radical (unpaired) electrons. The Morgan fingerprint density at radius 1 is 1.25 bits per heavy atom. The van der Waals surface area contributed by atoms with Gasteiger partial charge in [-0.25, -0.2) is 0 Å². The number of benzene rings is 2. The number of nitrogens with zero attached hydrogens (tertiary/aromatic N) is 1. The van der Waals surface area contributed by atoms with Crippen molar-refractivity contribution in [3.05, 3.63) is 75.2 Å². The van der Waals surface area contributed by atoms with Gasteiger partial charge in [-0.1, -0.05) is 35.9 Å². The van der Waals surface area contributed by atoms with Crippen molar-refractivity contribution in [1.29, 1.82) is 0 Å². The number of carbonyl (C=O) groups is 2. The lowest BCUT2D eigenvalue weighted by molar-refractivity contribution is -0.128. The lowest BCUT2D eigenvalue weighted by Crippen LogP contribution is -2.53. The predicted molar refractivity (Wildman–Crippen MR) is 132 cm³/mol. The van der Waals surface area contributed by atoms with Gasteiger partial charge in [-0.2, -0.15) is 0 Å². The summed E-state index contributed by atoms with van der Waals surface area (Å²) in [5.74, 6) is -0.106. The Labute approximate surface area is 205 Å². The van der Waals surface area contributed by atoms with E-state index in [1.807, 2.05) is 25.1 Å². The number of carbonyl (C=O) groups excluding carboxylic acids is 2. The second-order valence-electron chi connectivity index (χ2n) is 6.66. The topological polar surface area (TPSA) is 67.9 Å². The molecule has 3 rings (SSSR count). The van der Waals surface area contributed by atoms with Crippen LogP contribution in [0.25, 0.3) is 6.08 Å². The van der Waals surface area contributed by atoms with Gasteiger partial charge in [0.05, 0.1) is 11.1 Å². The molecule has 0 aromatic heterocycles. The van der Waals surface area contributed by atoms with E-state index < -0.39 is 11.8 Å². The molecule has 1 N–H and O–H groups in total. The highest BCUT2D eigenvalue weighted by Gasteiger charge is 2.32. The molecule has 9 heteroatoms. The first-order valence-electron chi connectivity index (χ1n) is 9.68. The zero-order valence-electron chi connectivity index (χ0n) is 17.2. The van der Waals surface area contributed by atoms with Crippen molar-refractivity contribution in [2.24, 2.45) is 0 Å². The number of hydrogen-bond acceptors (Lipinski definition) is 5. The summed E-state index contributed by atoms with van der Waals surface area (Å²) in [4.78, 5) is 26.5. The Morgan fingerprint density at radius 3 is 2.69 bits per heavy atom. The number of halogens is 2. The zero-order valence-corrected chi connectivity index (χ0v) is 20.4. The number of nitrogens with one attached hydrogen (secondary N) is 1. The van der Waals surface area contributed by atoms with Gasteiger partial charge in [0, 0.05) is 17.1 Å². The molecule has 0 aliphatic carbocycles. The maximum Gasteiger partial charge on any atom is 0.265 e. The quantitative estimate of drug-likeness (QED) is 0.226. The first-order chi connectivity index (χ1) is 15.3. The molecule has 166 valence electrons. The third-order valence-corrected chi connectivity index (χ3v) is 5.75. The van der Waals surface area contributed by atoms with Crippen LogP contribution in [0.15, 0.2) is 59.1 Å². The minimum Gasteiger partial charge on any atom is -0.490 e. The van der Waals surface area contributed by atoms with E-state index in [4.69, 9.17) is 33.3 Å². The van der Waals surface area contributed by atoms with E-state index in [9.17, 15) is 9.59 Å². The Hall–Kier alpha value is -2.68. The van der Waals surface area contributed by atoms with Crippen LogP contribution in [0.1, 0.15) is 18.1 Å². The van der Waals surface area contributed by atoms with Gasteiger partial charge >= 0.3 is 0 Å². The van der Waals surface area contributed by atoms with Crippen LogP contribution in [0.4, 0.5) is 0 Å². The van der Waals surface area contributed by atoms with Gasteiger partial charge in [0.1, 0.15) is 12.2 Å². The second kappa shape index (κ2) is 10.8. The Bertz CT molecular complexity index is 1120. The summed E-state index contributed by atoms with van der Waals surface area (Å²) in [6.07, 6.45) is 3.02. The number of ether oxygens (including phenoxy) is 2. The molecule has 0 bridgehead atoms. The van der Waals surface area contributed by atoms with Gasteiger partial charge in [0.25, 0.3) is 11.8 Å². The minimum atomic E-state index is -0.562. The zero-order chi connectivity index (χ0) is 23.3. The molecule has 32 heavy (non-hydrogen) atoms. The van der Waals surface area contributed by atoms with Crippen molar-refractivity contribution in [1.82, 2.24) is 10.2 Å². The molecule has 2 amide bonds. The molecule has 1 saturated heterocycles. The van der Waals surface area contributed by atoms with Crippen molar-refractivity contribution in [3.8, 4) is 11.5 Å². The van der Waals surface area contributed by atoms with E-state index in [1.165, 1.54) is 17.1 Å². The monoisotopic (exact) mass is 534 g/mol. The van der Waals surface area contributed by atoms with E-state index >= 15 is 0 Å². The highest BCUT2D eigenvalue weighted by atomic mass is 79.9. The highest BCUT2D eigenvalue weighted by Crippen LogP contribution is 2.38. The van der Waals surface area contributed by atoms with Gasteiger partial charge in [-0.15, -0.1) is 6.58 Å². The molecular formula is C23H20BrClN2O4S. The molecule has 1 aliphatic rings. The van der Waals surface area contributed by atoms with Gasteiger partial charge in [0.2, 0.25) is 0 Å². The normalized spacial score (nSPS) is 15.0. The van der Waals surface area contributed by atoms with Crippen molar-refractivity contribution in [2.45, 2.75) is 13.5 Å². The average molecular weight is 536 g/mol. The van der Waals surface area contributed by atoms with E-state index in [0.717, 1.165) is 5.56 Å². The average Bonchev–Trinajstić information content (AvgIpc) is 2.75. The molecule has 1 fully saturated rings. The van der Waals surface area contributed by atoms with Crippen LogP contribution in [-0.2, 0) is 16.2 Å². The molecule has 6 nitrogen and oxygen atoms in total. The van der Waals surface area contributed by atoms with Crippen molar-refractivity contribution in [2.75, 3.05) is 13.2 Å². The highest BCUT2D eigenvalue weighted by molar-refractivity contribution is 9.10. The van der Waals surface area contributed by atoms with Crippen LogP contribution < -0.4 is 14.8 Å². The minimum absolute atomic E-state index is 0.0421. The molecule has 2 aromatic rings.